The van der Waals surface area contributed by atoms with Gasteiger partial charge < -0.3 is 10.6 Å². The van der Waals surface area contributed by atoms with Gasteiger partial charge in [0.05, 0.1) is 0 Å². The summed E-state index contributed by atoms with van der Waals surface area (Å²) in [6, 6.07) is 10.5. The largest absolute Gasteiger partial charge is 0.349 e. The fraction of sp³-hybridized carbons (Fsp3) is 0.300. The van der Waals surface area contributed by atoms with E-state index in [9.17, 15) is 20.1 Å². The van der Waals surface area contributed by atoms with Gasteiger partial charge in [-0.15, -0.1) is 0 Å². The van der Waals surface area contributed by atoms with Crippen LogP contribution in [0.3, 0.4) is 0 Å². The molecule has 1 aromatic carbocycles. The lowest BCUT2D eigenvalue weighted by atomic mass is 10.1. The first-order valence-corrected chi connectivity index (χ1v) is 8.22. The second kappa shape index (κ2) is 9.80. The molecule has 2 N–H and O–H groups in total. The summed E-state index contributed by atoms with van der Waals surface area (Å²) in [7, 11) is 0. The van der Waals surface area contributed by atoms with Gasteiger partial charge in [0.1, 0.15) is 23.3 Å². The Morgan fingerprint density at radius 2 is 1.27 bits per heavy atom. The maximum absolute atomic E-state index is 12.0. The molecule has 0 spiro atoms. The molecule has 2 amide bonds. The quantitative estimate of drug-likeness (QED) is 0.607. The van der Waals surface area contributed by atoms with Crippen LogP contribution in [0.1, 0.15) is 38.8 Å². The highest BCUT2D eigenvalue weighted by molar-refractivity contribution is 6.03. The third kappa shape index (κ3) is 6.62. The number of carbonyl (C=O) groups excluding carboxylic acids is 2. The molecule has 0 unspecified atom stereocenters. The Bertz CT molecular complexity index is 756. The zero-order valence-electron chi connectivity index (χ0n) is 15.3. The Hall–Kier alpha value is -3.38. The molecule has 0 fully saturated rings. The standard InChI is InChI=1S/C20H22N4O2/c1-13(2)23-19(25)17(11-21)9-15-6-5-7-16(8-15)10-18(12-22)20(26)24-14(3)4/h5-10,13-14H,1-4H3,(H,23,25)(H,24,26). The summed E-state index contributed by atoms with van der Waals surface area (Å²) in [6.45, 7) is 7.24. The zero-order valence-corrected chi connectivity index (χ0v) is 15.3. The normalized spacial score (nSPS) is 11.7. The van der Waals surface area contributed by atoms with E-state index in [0.29, 0.717) is 11.1 Å². The monoisotopic (exact) mass is 350 g/mol. The third-order valence-electron chi connectivity index (χ3n) is 3.10. The molecule has 0 saturated carbocycles. The Labute approximate surface area is 153 Å². The minimum atomic E-state index is -0.447. The summed E-state index contributed by atoms with van der Waals surface area (Å²) in [5, 5.41) is 23.7. The predicted octanol–water partition coefficient (Wildman–Crippen LogP) is 2.55. The fourth-order valence-corrected chi connectivity index (χ4v) is 2.05. The molecule has 1 aromatic rings. The van der Waals surface area contributed by atoms with Crippen molar-refractivity contribution in [2.24, 2.45) is 0 Å². The second-order valence-corrected chi connectivity index (χ2v) is 6.27. The van der Waals surface area contributed by atoms with Gasteiger partial charge >= 0.3 is 0 Å². The molecule has 0 aliphatic rings. The van der Waals surface area contributed by atoms with Gasteiger partial charge in [0.15, 0.2) is 0 Å². The van der Waals surface area contributed by atoms with E-state index >= 15 is 0 Å². The van der Waals surface area contributed by atoms with Crippen LogP contribution in [-0.2, 0) is 9.59 Å². The van der Waals surface area contributed by atoms with Gasteiger partial charge in [-0.3, -0.25) is 9.59 Å². The van der Waals surface area contributed by atoms with Gasteiger partial charge in [-0.2, -0.15) is 10.5 Å². The van der Waals surface area contributed by atoms with Crippen molar-refractivity contribution in [2.45, 2.75) is 39.8 Å². The topological polar surface area (TPSA) is 106 Å². The second-order valence-electron chi connectivity index (χ2n) is 6.27. The van der Waals surface area contributed by atoms with Gasteiger partial charge in [-0.1, -0.05) is 18.2 Å². The summed E-state index contributed by atoms with van der Waals surface area (Å²) >= 11 is 0. The van der Waals surface area contributed by atoms with Gasteiger partial charge in [0.2, 0.25) is 0 Å². The highest BCUT2D eigenvalue weighted by atomic mass is 16.2. The van der Waals surface area contributed by atoms with Crippen molar-refractivity contribution in [3.05, 3.63) is 46.5 Å². The van der Waals surface area contributed by atoms with Crippen molar-refractivity contribution in [2.75, 3.05) is 0 Å². The van der Waals surface area contributed by atoms with E-state index in [-0.39, 0.29) is 23.2 Å². The number of nitrogens with one attached hydrogen (secondary N) is 2. The predicted molar refractivity (Wildman–Crippen MR) is 100 cm³/mol. The van der Waals surface area contributed by atoms with Crippen molar-refractivity contribution in [3.8, 4) is 12.1 Å². The number of amides is 2. The van der Waals surface area contributed by atoms with E-state index in [1.807, 2.05) is 39.8 Å². The van der Waals surface area contributed by atoms with E-state index in [0.717, 1.165) is 0 Å². The van der Waals surface area contributed by atoms with E-state index in [1.54, 1.807) is 24.3 Å². The summed E-state index contributed by atoms with van der Waals surface area (Å²) < 4.78 is 0. The van der Waals surface area contributed by atoms with Gasteiger partial charge in [-0.05, 0) is 57.0 Å². The van der Waals surface area contributed by atoms with E-state index < -0.39 is 11.8 Å². The van der Waals surface area contributed by atoms with Crippen LogP contribution in [0.25, 0.3) is 12.2 Å². The number of carbonyl (C=O) groups is 2. The molecule has 26 heavy (non-hydrogen) atoms. The minimum Gasteiger partial charge on any atom is -0.349 e. The van der Waals surface area contributed by atoms with Crippen LogP contribution in [0.4, 0.5) is 0 Å². The highest BCUT2D eigenvalue weighted by Gasteiger charge is 2.11. The van der Waals surface area contributed by atoms with E-state index in [2.05, 4.69) is 10.6 Å². The molecule has 0 bridgehead atoms. The lowest BCUT2D eigenvalue weighted by Crippen LogP contribution is -2.31. The van der Waals surface area contributed by atoms with Crippen molar-refractivity contribution in [3.63, 3.8) is 0 Å². The molecule has 0 radical (unpaired) electrons. The summed E-state index contributed by atoms with van der Waals surface area (Å²) in [4.78, 5) is 24.0. The van der Waals surface area contributed by atoms with Crippen molar-refractivity contribution >= 4 is 24.0 Å². The van der Waals surface area contributed by atoms with E-state index in [4.69, 9.17) is 0 Å². The van der Waals surface area contributed by atoms with Crippen LogP contribution in [0.2, 0.25) is 0 Å². The van der Waals surface area contributed by atoms with Crippen molar-refractivity contribution in [1.82, 2.24) is 10.6 Å². The van der Waals surface area contributed by atoms with Crippen LogP contribution in [0.5, 0.6) is 0 Å². The lowest BCUT2D eigenvalue weighted by molar-refractivity contribution is -0.118. The molecule has 0 aliphatic heterocycles. The summed E-state index contributed by atoms with van der Waals surface area (Å²) in [5.41, 5.74) is 1.21. The molecule has 0 heterocycles. The van der Waals surface area contributed by atoms with E-state index in [1.165, 1.54) is 12.2 Å². The molecule has 0 saturated heterocycles. The maximum Gasteiger partial charge on any atom is 0.262 e. The molecule has 0 aliphatic carbocycles. The lowest BCUT2D eigenvalue weighted by Gasteiger charge is -2.08. The van der Waals surface area contributed by atoms with Crippen LogP contribution < -0.4 is 10.6 Å². The van der Waals surface area contributed by atoms with Crippen molar-refractivity contribution in [1.29, 1.82) is 10.5 Å². The average molecular weight is 350 g/mol. The first-order chi connectivity index (χ1) is 12.3. The Balaban J connectivity index is 3.14. The molecular formula is C20H22N4O2. The number of rotatable bonds is 6. The molecule has 6 heteroatoms. The molecule has 134 valence electrons. The number of hydrogen-bond acceptors (Lipinski definition) is 4. The maximum atomic E-state index is 12.0. The SMILES string of the molecule is CC(C)NC(=O)C(C#N)=Cc1cccc(C=C(C#N)C(=O)NC(C)C)c1. The average Bonchev–Trinajstić information content (AvgIpc) is 2.56. The first-order valence-electron chi connectivity index (χ1n) is 8.22. The first kappa shape index (κ1) is 20.7. The number of hydrogen-bond donors (Lipinski definition) is 2. The molecule has 1 rings (SSSR count). The number of benzene rings is 1. The molecule has 6 nitrogen and oxygen atoms in total. The zero-order chi connectivity index (χ0) is 19.7. The Morgan fingerprint density at radius 3 is 1.58 bits per heavy atom. The fourth-order valence-electron chi connectivity index (χ4n) is 2.05. The Morgan fingerprint density at radius 1 is 0.885 bits per heavy atom. The summed E-state index contributed by atoms with van der Waals surface area (Å²) in [5.74, 6) is -0.894. The van der Waals surface area contributed by atoms with Gasteiger partial charge in [0.25, 0.3) is 11.8 Å². The van der Waals surface area contributed by atoms with Crippen LogP contribution >= 0.6 is 0 Å². The number of nitriles is 2. The molecular weight excluding hydrogens is 328 g/mol. The summed E-state index contributed by atoms with van der Waals surface area (Å²) in [6.07, 6.45) is 2.94. The van der Waals surface area contributed by atoms with Crippen LogP contribution in [0, 0.1) is 22.7 Å². The van der Waals surface area contributed by atoms with Crippen LogP contribution in [-0.4, -0.2) is 23.9 Å². The van der Waals surface area contributed by atoms with Gasteiger partial charge in [0, 0.05) is 12.1 Å². The van der Waals surface area contributed by atoms with Crippen LogP contribution in [0.15, 0.2) is 35.4 Å². The molecule has 0 aromatic heterocycles. The van der Waals surface area contributed by atoms with Gasteiger partial charge in [-0.25, -0.2) is 0 Å². The Kier molecular flexibility index (Phi) is 7.79. The smallest absolute Gasteiger partial charge is 0.262 e. The third-order valence-corrected chi connectivity index (χ3v) is 3.10. The van der Waals surface area contributed by atoms with Crippen molar-refractivity contribution < 1.29 is 9.59 Å². The minimum absolute atomic E-state index is 0.0158. The highest BCUT2D eigenvalue weighted by Crippen LogP contribution is 2.13. The number of nitrogens with zero attached hydrogens (tertiary/aromatic N) is 2. The molecule has 0 atom stereocenters.